The number of carbonyl (C=O) groups excluding carboxylic acids is 1. The maximum atomic E-state index is 11.4. The van der Waals surface area contributed by atoms with E-state index in [2.05, 4.69) is 21.2 Å². The Hall–Kier alpha value is -0.820. The number of hydrogen-bond donors (Lipinski definition) is 2. The van der Waals surface area contributed by atoms with Crippen LogP contribution in [-0.2, 0) is 9.53 Å². The lowest BCUT2D eigenvalue weighted by Gasteiger charge is -2.09. The van der Waals surface area contributed by atoms with E-state index in [1.165, 1.54) is 0 Å². The average Bonchev–Trinajstić information content (AvgIpc) is 2.37. The summed E-state index contributed by atoms with van der Waals surface area (Å²) in [6.07, 6.45) is 0. The van der Waals surface area contributed by atoms with Crippen LogP contribution < -0.4 is 10.1 Å². The van der Waals surface area contributed by atoms with Gasteiger partial charge in [-0.15, -0.1) is 0 Å². The SMILES string of the molecule is O=C(COc1ccc(Cl)cc1Br)NCCOCCO. The van der Waals surface area contributed by atoms with Crippen molar-refractivity contribution in [2.75, 3.05) is 33.0 Å². The number of benzene rings is 1. The summed E-state index contributed by atoms with van der Waals surface area (Å²) in [7, 11) is 0. The van der Waals surface area contributed by atoms with E-state index < -0.39 is 0 Å². The molecule has 1 rings (SSSR count). The molecule has 0 saturated carbocycles. The number of nitrogens with one attached hydrogen (secondary N) is 1. The molecule has 0 bridgehead atoms. The molecule has 0 aliphatic carbocycles. The van der Waals surface area contributed by atoms with Crippen molar-refractivity contribution in [1.82, 2.24) is 5.32 Å². The Morgan fingerprint density at radius 1 is 1.42 bits per heavy atom. The fraction of sp³-hybridized carbons (Fsp3) is 0.417. The van der Waals surface area contributed by atoms with Gasteiger partial charge in [0.1, 0.15) is 5.75 Å². The molecule has 0 spiro atoms. The van der Waals surface area contributed by atoms with Gasteiger partial charge in [-0.05, 0) is 34.1 Å². The third kappa shape index (κ3) is 6.77. The van der Waals surface area contributed by atoms with E-state index in [9.17, 15) is 4.79 Å². The zero-order valence-electron chi connectivity index (χ0n) is 10.2. The molecule has 0 heterocycles. The molecule has 0 aromatic heterocycles. The standard InChI is InChI=1S/C12H15BrClNO4/c13-10-7-9(14)1-2-11(10)19-8-12(17)15-3-5-18-6-4-16/h1-2,7,16H,3-6,8H2,(H,15,17). The number of rotatable bonds is 8. The van der Waals surface area contributed by atoms with Crippen LogP contribution >= 0.6 is 27.5 Å². The summed E-state index contributed by atoms with van der Waals surface area (Å²) in [5.41, 5.74) is 0. The van der Waals surface area contributed by atoms with Crippen LogP contribution in [0.15, 0.2) is 22.7 Å². The van der Waals surface area contributed by atoms with Crippen molar-refractivity contribution in [2.24, 2.45) is 0 Å². The van der Waals surface area contributed by atoms with Crippen LogP contribution in [0, 0.1) is 0 Å². The predicted molar refractivity (Wildman–Crippen MR) is 75.6 cm³/mol. The number of ether oxygens (including phenoxy) is 2. The van der Waals surface area contributed by atoms with Crippen molar-refractivity contribution in [3.05, 3.63) is 27.7 Å². The zero-order chi connectivity index (χ0) is 14.1. The number of hydrogen-bond acceptors (Lipinski definition) is 4. The van der Waals surface area contributed by atoms with Gasteiger partial charge in [-0.25, -0.2) is 0 Å². The Morgan fingerprint density at radius 3 is 2.89 bits per heavy atom. The zero-order valence-corrected chi connectivity index (χ0v) is 12.5. The van der Waals surface area contributed by atoms with E-state index in [-0.39, 0.29) is 25.7 Å². The van der Waals surface area contributed by atoms with Gasteiger partial charge in [0.15, 0.2) is 6.61 Å². The van der Waals surface area contributed by atoms with E-state index in [1.807, 2.05) is 0 Å². The molecule has 7 heteroatoms. The first kappa shape index (κ1) is 16.2. The second kappa shape index (κ2) is 9.14. The van der Waals surface area contributed by atoms with Crippen LogP contribution in [0.25, 0.3) is 0 Å². The normalized spacial score (nSPS) is 10.3. The van der Waals surface area contributed by atoms with Crippen molar-refractivity contribution in [1.29, 1.82) is 0 Å². The van der Waals surface area contributed by atoms with Gasteiger partial charge >= 0.3 is 0 Å². The van der Waals surface area contributed by atoms with E-state index in [0.717, 1.165) is 0 Å². The lowest BCUT2D eigenvalue weighted by molar-refractivity contribution is -0.123. The summed E-state index contributed by atoms with van der Waals surface area (Å²) in [6, 6.07) is 5.06. The molecular formula is C12H15BrClNO4. The van der Waals surface area contributed by atoms with Crippen molar-refractivity contribution in [3.8, 4) is 5.75 Å². The van der Waals surface area contributed by atoms with Gasteiger partial charge in [0.05, 0.1) is 24.3 Å². The molecule has 1 aromatic carbocycles. The van der Waals surface area contributed by atoms with Crippen LogP contribution in [0.4, 0.5) is 0 Å². The summed E-state index contributed by atoms with van der Waals surface area (Å²) < 4.78 is 11.0. The molecule has 106 valence electrons. The number of aliphatic hydroxyl groups is 1. The van der Waals surface area contributed by atoms with Crippen LogP contribution in [-0.4, -0.2) is 44.0 Å². The average molecular weight is 353 g/mol. The summed E-state index contributed by atoms with van der Waals surface area (Å²) in [5, 5.41) is 11.7. The number of amides is 1. The minimum Gasteiger partial charge on any atom is -0.483 e. The first-order valence-corrected chi connectivity index (χ1v) is 6.83. The molecular weight excluding hydrogens is 337 g/mol. The monoisotopic (exact) mass is 351 g/mol. The molecule has 0 saturated heterocycles. The van der Waals surface area contributed by atoms with Crippen molar-refractivity contribution >= 4 is 33.4 Å². The van der Waals surface area contributed by atoms with Gasteiger partial charge < -0.3 is 19.9 Å². The second-order valence-electron chi connectivity index (χ2n) is 3.55. The van der Waals surface area contributed by atoms with E-state index in [1.54, 1.807) is 18.2 Å². The maximum absolute atomic E-state index is 11.4. The largest absolute Gasteiger partial charge is 0.483 e. The number of halogens is 2. The number of aliphatic hydroxyl groups excluding tert-OH is 1. The van der Waals surface area contributed by atoms with E-state index >= 15 is 0 Å². The number of carbonyl (C=O) groups is 1. The van der Waals surface area contributed by atoms with Crippen molar-refractivity contribution in [2.45, 2.75) is 0 Å². The molecule has 19 heavy (non-hydrogen) atoms. The van der Waals surface area contributed by atoms with Crippen LogP contribution in [0.2, 0.25) is 5.02 Å². The predicted octanol–water partition coefficient (Wildman–Crippen LogP) is 1.61. The topological polar surface area (TPSA) is 67.8 Å². The fourth-order valence-electron chi connectivity index (χ4n) is 1.22. The van der Waals surface area contributed by atoms with Gasteiger partial charge in [-0.3, -0.25) is 4.79 Å². The smallest absolute Gasteiger partial charge is 0.258 e. The maximum Gasteiger partial charge on any atom is 0.258 e. The molecule has 1 aromatic rings. The Kier molecular flexibility index (Phi) is 7.81. The highest BCUT2D eigenvalue weighted by atomic mass is 79.9. The minimum absolute atomic E-state index is 0.0261. The van der Waals surface area contributed by atoms with Crippen LogP contribution in [0.1, 0.15) is 0 Å². The second-order valence-corrected chi connectivity index (χ2v) is 4.84. The lowest BCUT2D eigenvalue weighted by Crippen LogP contribution is -2.31. The lowest BCUT2D eigenvalue weighted by atomic mass is 10.3. The molecule has 0 aliphatic heterocycles. The molecule has 0 aliphatic rings. The third-order valence-electron chi connectivity index (χ3n) is 2.06. The molecule has 2 N–H and O–H groups in total. The first-order valence-electron chi connectivity index (χ1n) is 5.66. The summed E-state index contributed by atoms with van der Waals surface area (Å²) in [4.78, 5) is 11.4. The van der Waals surface area contributed by atoms with E-state index in [0.29, 0.717) is 28.4 Å². The van der Waals surface area contributed by atoms with Gasteiger partial charge in [-0.2, -0.15) is 0 Å². The first-order chi connectivity index (χ1) is 9.13. The highest BCUT2D eigenvalue weighted by Gasteiger charge is 2.05. The van der Waals surface area contributed by atoms with E-state index in [4.69, 9.17) is 26.2 Å². The van der Waals surface area contributed by atoms with Gasteiger partial charge in [0.25, 0.3) is 5.91 Å². The molecule has 0 fully saturated rings. The van der Waals surface area contributed by atoms with Crippen molar-refractivity contribution < 1.29 is 19.4 Å². The summed E-state index contributed by atoms with van der Waals surface area (Å²) in [6.45, 7) is 0.896. The Labute approximate surface area is 125 Å². The molecule has 5 nitrogen and oxygen atoms in total. The Morgan fingerprint density at radius 2 is 2.21 bits per heavy atom. The summed E-state index contributed by atoms with van der Waals surface area (Å²) >= 11 is 9.09. The van der Waals surface area contributed by atoms with Crippen LogP contribution in [0.5, 0.6) is 5.75 Å². The molecule has 0 unspecified atom stereocenters. The summed E-state index contributed by atoms with van der Waals surface area (Å²) in [5.74, 6) is 0.311. The molecule has 1 amide bonds. The minimum atomic E-state index is -0.241. The quantitative estimate of drug-likeness (QED) is 0.698. The van der Waals surface area contributed by atoms with Gasteiger partial charge in [-0.1, -0.05) is 11.6 Å². The Bertz CT molecular complexity index is 417. The fourth-order valence-corrected chi connectivity index (χ4v) is 2.01. The van der Waals surface area contributed by atoms with Gasteiger partial charge in [0.2, 0.25) is 0 Å². The van der Waals surface area contributed by atoms with Crippen molar-refractivity contribution in [3.63, 3.8) is 0 Å². The molecule has 0 radical (unpaired) electrons. The highest BCUT2D eigenvalue weighted by Crippen LogP contribution is 2.27. The third-order valence-corrected chi connectivity index (χ3v) is 2.91. The van der Waals surface area contributed by atoms with Gasteiger partial charge in [0, 0.05) is 11.6 Å². The molecule has 0 atom stereocenters. The Balaban J connectivity index is 2.22. The van der Waals surface area contributed by atoms with Crippen LogP contribution in [0.3, 0.4) is 0 Å². The highest BCUT2D eigenvalue weighted by molar-refractivity contribution is 9.10.